The van der Waals surface area contributed by atoms with Crippen LogP contribution in [0.2, 0.25) is 0 Å². The smallest absolute Gasteiger partial charge is 0.312 e. The predicted molar refractivity (Wildman–Crippen MR) is 122 cm³/mol. The lowest BCUT2D eigenvalue weighted by molar-refractivity contribution is -0.146. The molecule has 1 aliphatic rings. The molecule has 1 saturated heterocycles. The molecule has 0 radical (unpaired) electrons. The van der Waals surface area contributed by atoms with E-state index in [1.807, 2.05) is 39.0 Å². The van der Waals surface area contributed by atoms with Crippen LogP contribution in [-0.2, 0) is 21.5 Å². The van der Waals surface area contributed by atoms with Crippen molar-refractivity contribution in [1.29, 1.82) is 5.26 Å². The van der Waals surface area contributed by atoms with E-state index in [2.05, 4.69) is 36.6 Å². The summed E-state index contributed by atoms with van der Waals surface area (Å²) in [5, 5.41) is 22.8. The average molecular weight is 463 g/mol. The lowest BCUT2D eigenvalue weighted by Gasteiger charge is -2.34. The standard InChI is InChI=1S/C23H26N8O3/c1-23(2,3)22-26-19(34-29-22)14-25-20(32)21(33)31-10-8-30(9-11-31)18-12-17(27-28-18)16-6-4-15(13-24)5-7-16/h4-7,12H,8-11,14H2,1-3H3,(H,25,32)(H,27,28). The monoisotopic (exact) mass is 462 g/mol. The van der Waals surface area contributed by atoms with E-state index in [1.54, 1.807) is 12.1 Å². The molecule has 3 aromatic rings. The lowest BCUT2D eigenvalue weighted by atomic mass is 9.96. The number of hydrogen-bond acceptors (Lipinski definition) is 8. The van der Waals surface area contributed by atoms with Crippen LogP contribution >= 0.6 is 0 Å². The molecule has 1 aliphatic heterocycles. The fourth-order valence-electron chi connectivity index (χ4n) is 3.49. The van der Waals surface area contributed by atoms with Gasteiger partial charge in [0.2, 0.25) is 5.89 Å². The second-order valence-corrected chi connectivity index (χ2v) is 9.05. The van der Waals surface area contributed by atoms with Crippen molar-refractivity contribution < 1.29 is 14.1 Å². The fourth-order valence-corrected chi connectivity index (χ4v) is 3.49. The summed E-state index contributed by atoms with van der Waals surface area (Å²) in [5.41, 5.74) is 2.10. The first-order valence-electron chi connectivity index (χ1n) is 11.0. The molecule has 0 bridgehead atoms. The van der Waals surface area contributed by atoms with Crippen LogP contribution in [0, 0.1) is 11.3 Å². The van der Waals surface area contributed by atoms with Gasteiger partial charge in [-0.15, -0.1) is 0 Å². The minimum Gasteiger partial charge on any atom is -0.352 e. The molecule has 0 atom stereocenters. The summed E-state index contributed by atoms with van der Waals surface area (Å²) in [6.07, 6.45) is 0. The summed E-state index contributed by atoms with van der Waals surface area (Å²) in [4.78, 5) is 32.7. The molecular formula is C23H26N8O3. The largest absolute Gasteiger partial charge is 0.352 e. The first kappa shape index (κ1) is 23.0. The number of carbonyl (C=O) groups is 2. The number of carbonyl (C=O) groups excluding carboxylic acids is 2. The number of H-pyrrole nitrogens is 1. The normalized spacial score (nSPS) is 14.1. The summed E-state index contributed by atoms with van der Waals surface area (Å²) in [5.74, 6) is 0.275. The molecule has 3 heterocycles. The van der Waals surface area contributed by atoms with E-state index < -0.39 is 11.8 Å². The molecule has 34 heavy (non-hydrogen) atoms. The van der Waals surface area contributed by atoms with Crippen molar-refractivity contribution in [3.8, 4) is 17.3 Å². The van der Waals surface area contributed by atoms with E-state index in [4.69, 9.17) is 9.78 Å². The zero-order valence-electron chi connectivity index (χ0n) is 19.3. The zero-order chi connectivity index (χ0) is 24.3. The maximum absolute atomic E-state index is 12.6. The van der Waals surface area contributed by atoms with Crippen molar-refractivity contribution in [2.75, 3.05) is 31.1 Å². The van der Waals surface area contributed by atoms with Gasteiger partial charge in [-0.3, -0.25) is 14.7 Å². The quantitative estimate of drug-likeness (QED) is 0.556. The lowest BCUT2D eigenvalue weighted by Crippen LogP contribution is -2.52. The molecule has 176 valence electrons. The van der Waals surface area contributed by atoms with Crippen LogP contribution in [0.3, 0.4) is 0 Å². The Kier molecular flexibility index (Phi) is 6.32. The van der Waals surface area contributed by atoms with Crippen LogP contribution in [0.25, 0.3) is 11.3 Å². The molecule has 4 rings (SSSR count). The molecule has 11 heteroatoms. The second kappa shape index (κ2) is 9.35. The third-order valence-electron chi connectivity index (χ3n) is 5.51. The number of amides is 2. The Hall–Kier alpha value is -4.20. The van der Waals surface area contributed by atoms with Crippen LogP contribution in [0.1, 0.15) is 38.0 Å². The topological polar surface area (TPSA) is 144 Å². The van der Waals surface area contributed by atoms with Gasteiger partial charge in [-0.25, -0.2) is 0 Å². The van der Waals surface area contributed by atoms with Crippen molar-refractivity contribution >= 4 is 17.6 Å². The van der Waals surface area contributed by atoms with Crippen LogP contribution in [0.15, 0.2) is 34.9 Å². The highest BCUT2D eigenvalue weighted by atomic mass is 16.5. The Bertz CT molecular complexity index is 1210. The number of piperazine rings is 1. The predicted octanol–water partition coefficient (Wildman–Crippen LogP) is 1.59. The van der Waals surface area contributed by atoms with Crippen LogP contribution in [0.4, 0.5) is 5.82 Å². The van der Waals surface area contributed by atoms with Crippen LogP contribution < -0.4 is 10.2 Å². The number of anilines is 1. The second-order valence-electron chi connectivity index (χ2n) is 9.05. The van der Waals surface area contributed by atoms with Gasteiger partial charge in [0.1, 0.15) is 0 Å². The van der Waals surface area contributed by atoms with Crippen LogP contribution in [0.5, 0.6) is 0 Å². The summed E-state index contributed by atoms with van der Waals surface area (Å²) >= 11 is 0. The maximum Gasteiger partial charge on any atom is 0.312 e. The van der Waals surface area contributed by atoms with Crippen molar-refractivity contribution in [2.45, 2.75) is 32.7 Å². The van der Waals surface area contributed by atoms with Gasteiger partial charge in [0.05, 0.1) is 23.9 Å². The summed E-state index contributed by atoms with van der Waals surface area (Å²) in [7, 11) is 0. The Morgan fingerprint density at radius 1 is 1.18 bits per heavy atom. The third-order valence-corrected chi connectivity index (χ3v) is 5.51. The van der Waals surface area contributed by atoms with Crippen molar-refractivity contribution in [3.63, 3.8) is 0 Å². The first-order chi connectivity index (χ1) is 16.2. The number of aromatic nitrogens is 4. The van der Waals surface area contributed by atoms with Gasteiger partial charge >= 0.3 is 11.8 Å². The molecular weight excluding hydrogens is 436 g/mol. The van der Waals surface area contributed by atoms with E-state index in [9.17, 15) is 9.59 Å². The molecule has 0 saturated carbocycles. The van der Waals surface area contributed by atoms with E-state index in [0.717, 1.165) is 17.1 Å². The van der Waals surface area contributed by atoms with E-state index in [0.29, 0.717) is 37.6 Å². The fraction of sp³-hybridized carbons (Fsp3) is 0.391. The zero-order valence-corrected chi connectivity index (χ0v) is 19.3. The Balaban J connectivity index is 1.28. The van der Waals surface area contributed by atoms with Crippen molar-refractivity contribution in [2.24, 2.45) is 0 Å². The highest BCUT2D eigenvalue weighted by molar-refractivity contribution is 6.35. The number of nitriles is 1. The number of aromatic amines is 1. The number of rotatable bonds is 4. The number of hydrogen-bond donors (Lipinski definition) is 2. The summed E-state index contributed by atoms with van der Waals surface area (Å²) in [6.45, 7) is 7.78. The van der Waals surface area contributed by atoms with E-state index >= 15 is 0 Å². The summed E-state index contributed by atoms with van der Waals surface area (Å²) < 4.78 is 5.14. The Labute approximate surface area is 196 Å². The Morgan fingerprint density at radius 2 is 1.88 bits per heavy atom. The molecule has 11 nitrogen and oxygen atoms in total. The minimum atomic E-state index is -0.702. The highest BCUT2D eigenvalue weighted by Crippen LogP contribution is 2.23. The molecule has 0 unspecified atom stereocenters. The van der Waals surface area contributed by atoms with Gasteiger partial charge in [-0.05, 0) is 17.7 Å². The number of benzene rings is 1. The molecule has 2 N–H and O–H groups in total. The molecule has 2 aromatic heterocycles. The molecule has 0 spiro atoms. The minimum absolute atomic E-state index is 0.000981. The van der Waals surface area contributed by atoms with E-state index in [-0.39, 0.29) is 17.9 Å². The molecule has 1 aromatic carbocycles. The molecule has 0 aliphatic carbocycles. The summed E-state index contributed by atoms with van der Waals surface area (Å²) in [6, 6.07) is 11.3. The Morgan fingerprint density at radius 3 is 2.50 bits per heavy atom. The van der Waals surface area contributed by atoms with Crippen LogP contribution in [-0.4, -0.2) is 63.2 Å². The van der Waals surface area contributed by atoms with Gasteiger partial charge in [0.25, 0.3) is 0 Å². The van der Waals surface area contributed by atoms with Crippen molar-refractivity contribution in [3.05, 3.63) is 47.6 Å². The average Bonchev–Trinajstić information content (AvgIpc) is 3.52. The first-order valence-corrected chi connectivity index (χ1v) is 11.0. The van der Waals surface area contributed by atoms with Gasteiger partial charge < -0.3 is 19.6 Å². The van der Waals surface area contributed by atoms with Crippen molar-refractivity contribution in [1.82, 2.24) is 30.6 Å². The highest BCUT2D eigenvalue weighted by Gasteiger charge is 2.27. The van der Waals surface area contributed by atoms with Gasteiger partial charge in [-0.1, -0.05) is 38.1 Å². The molecule has 1 fully saturated rings. The van der Waals surface area contributed by atoms with Gasteiger partial charge in [-0.2, -0.15) is 15.3 Å². The van der Waals surface area contributed by atoms with E-state index in [1.165, 1.54) is 4.90 Å². The number of nitrogens with zero attached hydrogens (tertiary/aromatic N) is 6. The molecule has 2 amide bonds. The van der Waals surface area contributed by atoms with Gasteiger partial charge in [0, 0.05) is 37.7 Å². The van der Waals surface area contributed by atoms with Gasteiger partial charge in [0.15, 0.2) is 11.6 Å². The maximum atomic E-state index is 12.6. The third kappa shape index (κ3) is 5.06. The SMILES string of the molecule is CC(C)(C)c1noc(CNC(=O)C(=O)N2CCN(c3cc(-c4ccc(C#N)cc4)[nH]n3)CC2)n1. The number of nitrogens with one attached hydrogen (secondary N) is 2.